The van der Waals surface area contributed by atoms with E-state index in [0.717, 1.165) is 5.56 Å². The van der Waals surface area contributed by atoms with Crippen LogP contribution in [0.1, 0.15) is 19.4 Å². The highest BCUT2D eigenvalue weighted by atomic mass is 35.5. The molecule has 0 radical (unpaired) electrons. The maximum Gasteiger partial charge on any atom is 0.349 e. The zero-order valence-electron chi connectivity index (χ0n) is 12.8. The summed E-state index contributed by atoms with van der Waals surface area (Å²) in [7, 11) is 1.35. The van der Waals surface area contributed by atoms with Crippen molar-refractivity contribution in [1.29, 1.82) is 0 Å². The van der Waals surface area contributed by atoms with E-state index >= 15 is 0 Å². The summed E-state index contributed by atoms with van der Waals surface area (Å²) in [4.78, 5) is 23.5. The van der Waals surface area contributed by atoms with E-state index in [9.17, 15) is 9.59 Å². The van der Waals surface area contributed by atoms with E-state index in [4.69, 9.17) is 21.1 Å². The second-order valence-electron chi connectivity index (χ2n) is 5.92. The van der Waals surface area contributed by atoms with Gasteiger partial charge in [0, 0.05) is 0 Å². The van der Waals surface area contributed by atoms with Crippen LogP contribution in [0.5, 0.6) is 0 Å². The first-order valence-corrected chi connectivity index (χ1v) is 7.42. The monoisotopic (exact) mass is 322 g/mol. The van der Waals surface area contributed by atoms with Crippen molar-refractivity contribution < 1.29 is 19.1 Å². The van der Waals surface area contributed by atoms with Gasteiger partial charge in [0.15, 0.2) is 0 Å². The van der Waals surface area contributed by atoms with Crippen molar-refractivity contribution in [3.8, 4) is 0 Å². The van der Waals surface area contributed by atoms with E-state index < -0.39 is 5.97 Å². The van der Waals surface area contributed by atoms with Crippen LogP contribution in [0.2, 0.25) is 0 Å². The Hall–Kier alpha value is -1.81. The van der Waals surface area contributed by atoms with Gasteiger partial charge in [0.1, 0.15) is 11.6 Å². The summed E-state index contributed by atoms with van der Waals surface area (Å²) in [5.41, 5.74) is 0.631. The van der Waals surface area contributed by atoms with Gasteiger partial charge in [0.2, 0.25) is 0 Å². The molecular formula is C17H19ClO4. The van der Waals surface area contributed by atoms with Gasteiger partial charge in [-0.3, -0.25) is 4.79 Å². The molecule has 2 unspecified atom stereocenters. The maximum absolute atomic E-state index is 11.9. The van der Waals surface area contributed by atoms with E-state index in [1.54, 1.807) is 6.08 Å². The number of ether oxygens (including phenoxy) is 2. The van der Waals surface area contributed by atoms with Crippen molar-refractivity contribution >= 4 is 23.5 Å². The van der Waals surface area contributed by atoms with Gasteiger partial charge in [-0.25, -0.2) is 4.79 Å². The fraction of sp³-hybridized carbons (Fsp3) is 0.412. The standard InChI is InChI=1S/C17H19ClO4/c1-17(2)12(14(17)16(20)21-3)9-13(18)15(19)22-10-11-7-5-4-6-8-11/h4-9,12,14H,10H2,1-3H3/b13-9-. The van der Waals surface area contributed by atoms with Crippen LogP contribution in [-0.4, -0.2) is 19.0 Å². The fourth-order valence-electron chi connectivity index (χ4n) is 2.58. The zero-order valence-corrected chi connectivity index (χ0v) is 13.6. The molecule has 118 valence electrons. The molecule has 1 saturated carbocycles. The van der Waals surface area contributed by atoms with E-state index in [1.165, 1.54) is 7.11 Å². The normalized spacial score (nSPS) is 22.8. The molecule has 5 heteroatoms. The molecule has 0 spiro atoms. The summed E-state index contributed by atoms with van der Waals surface area (Å²) in [6.07, 6.45) is 1.59. The van der Waals surface area contributed by atoms with Crippen molar-refractivity contribution in [3.63, 3.8) is 0 Å². The van der Waals surface area contributed by atoms with Crippen molar-refractivity contribution in [3.05, 3.63) is 47.0 Å². The number of carbonyl (C=O) groups is 2. The summed E-state index contributed by atoms with van der Waals surface area (Å²) in [5, 5.41) is 0.000379. The molecule has 0 amide bonds. The molecule has 1 aliphatic rings. The van der Waals surface area contributed by atoms with E-state index in [1.807, 2.05) is 44.2 Å². The highest BCUT2D eigenvalue weighted by Gasteiger charge is 2.61. The molecule has 0 aromatic heterocycles. The Balaban J connectivity index is 1.95. The van der Waals surface area contributed by atoms with Crippen molar-refractivity contribution in [1.82, 2.24) is 0 Å². The number of benzene rings is 1. The molecule has 0 heterocycles. The van der Waals surface area contributed by atoms with Crippen molar-refractivity contribution in [2.45, 2.75) is 20.5 Å². The van der Waals surface area contributed by atoms with Crippen LogP contribution in [0.25, 0.3) is 0 Å². The maximum atomic E-state index is 11.9. The first-order chi connectivity index (χ1) is 10.4. The van der Waals surface area contributed by atoms with Crippen molar-refractivity contribution in [2.24, 2.45) is 17.3 Å². The minimum Gasteiger partial charge on any atom is -0.469 e. The third kappa shape index (κ3) is 3.50. The first-order valence-electron chi connectivity index (χ1n) is 7.04. The summed E-state index contributed by atoms with van der Waals surface area (Å²) in [6, 6.07) is 9.35. The van der Waals surface area contributed by atoms with Crippen LogP contribution in [0, 0.1) is 17.3 Å². The van der Waals surface area contributed by atoms with Crippen LogP contribution < -0.4 is 0 Å². The molecule has 1 aromatic carbocycles. The third-order valence-electron chi connectivity index (χ3n) is 4.10. The predicted molar refractivity (Wildman–Crippen MR) is 83.0 cm³/mol. The number of allylic oxidation sites excluding steroid dienone is 1. The minimum atomic E-state index is -0.586. The van der Waals surface area contributed by atoms with Gasteiger partial charge >= 0.3 is 11.9 Å². The highest BCUT2D eigenvalue weighted by Crippen LogP contribution is 2.59. The Kier molecular flexibility index (Phi) is 4.91. The van der Waals surface area contributed by atoms with Crippen molar-refractivity contribution in [2.75, 3.05) is 7.11 Å². The third-order valence-corrected chi connectivity index (χ3v) is 4.38. The van der Waals surface area contributed by atoms with E-state index in [-0.39, 0.29) is 34.9 Å². The van der Waals surface area contributed by atoms with Gasteiger partial charge in [-0.15, -0.1) is 0 Å². The Morgan fingerprint density at radius 2 is 1.91 bits per heavy atom. The number of hydrogen-bond donors (Lipinski definition) is 0. The quantitative estimate of drug-likeness (QED) is 0.616. The predicted octanol–water partition coefficient (Wildman–Crippen LogP) is 3.30. The largest absolute Gasteiger partial charge is 0.469 e. The molecule has 2 atom stereocenters. The Bertz CT molecular complexity index is 592. The lowest BCUT2D eigenvalue weighted by atomic mass is 10.1. The summed E-state index contributed by atoms with van der Waals surface area (Å²) in [5.74, 6) is -1.25. The van der Waals surface area contributed by atoms with Gasteiger partial charge in [0.05, 0.1) is 13.0 Å². The van der Waals surface area contributed by atoms with E-state index in [2.05, 4.69) is 0 Å². The Morgan fingerprint density at radius 3 is 2.50 bits per heavy atom. The molecule has 1 aliphatic carbocycles. The van der Waals surface area contributed by atoms with Crippen LogP contribution in [0.15, 0.2) is 41.4 Å². The second-order valence-corrected chi connectivity index (χ2v) is 6.33. The molecule has 1 aromatic rings. The topological polar surface area (TPSA) is 52.6 Å². The first kappa shape index (κ1) is 16.6. The highest BCUT2D eigenvalue weighted by molar-refractivity contribution is 6.41. The van der Waals surface area contributed by atoms with E-state index in [0.29, 0.717) is 0 Å². The lowest BCUT2D eigenvalue weighted by Crippen LogP contribution is -2.07. The molecule has 4 nitrogen and oxygen atoms in total. The zero-order chi connectivity index (χ0) is 16.3. The minimum absolute atomic E-state index is 0.000379. The number of rotatable bonds is 5. The summed E-state index contributed by atoms with van der Waals surface area (Å²) in [6.45, 7) is 4.04. The average Bonchev–Trinajstić information content (AvgIpc) is 3.05. The second kappa shape index (κ2) is 6.53. The molecule has 2 rings (SSSR count). The number of hydrogen-bond acceptors (Lipinski definition) is 4. The molecule has 0 aliphatic heterocycles. The molecule has 22 heavy (non-hydrogen) atoms. The summed E-state index contributed by atoms with van der Waals surface area (Å²) >= 11 is 6.01. The van der Waals surface area contributed by atoms with Gasteiger partial charge in [-0.2, -0.15) is 0 Å². The van der Waals surface area contributed by atoms with Crippen LogP contribution in [0.4, 0.5) is 0 Å². The SMILES string of the molecule is COC(=O)C1C(/C=C(\Cl)C(=O)OCc2ccccc2)C1(C)C. The number of methoxy groups -OCH3 is 1. The van der Waals surface area contributed by atoms with Crippen LogP contribution in [0.3, 0.4) is 0 Å². The molecule has 0 N–H and O–H groups in total. The van der Waals surface area contributed by atoms with Gasteiger partial charge in [-0.1, -0.05) is 61.9 Å². The van der Waals surface area contributed by atoms with Crippen LogP contribution >= 0.6 is 11.6 Å². The van der Waals surface area contributed by atoms with Gasteiger partial charge in [0.25, 0.3) is 0 Å². The fourth-order valence-corrected chi connectivity index (χ4v) is 2.77. The number of esters is 2. The lowest BCUT2D eigenvalue weighted by molar-refractivity contribution is -0.143. The Morgan fingerprint density at radius 1 is 1.27 bits per heavy atom. The number of halogens is 1. The van der Waals surface area contributed by atoms with Crippen LogP contribution in [-0.2, 0) is 25.7 Å². The molecule has 0 bridgehead atoms. The average molecular weight is 323 g/mol. The molecule has 0 saturated heterocycles. The van der Waals surface area contributed by atoms with Gasteiger partial charge in [-0.05, 0) is 16.9 Å². The molecule has 1 fully saturated rings. The smallest absolute Gasteiger partial charge is 0.349 e. The lowest BCUT2D eigenvalue weighted by Gasteiger charge is -2.04. The summed E-state index contributed by atoms with van der Waals surface area (Å²) < 4.78 is 9.91. The number of carbonyl (C=O) groups excluding carboxylic acids is 2. The Labute approximate surface area is 135 Å². The van der Waals surface area contributed by atoms with Gasteiger partial charge < -0.3 is 9.47 Å². The molecular weight excluding hydrogens is 304 g/mol.